The molecule has 5 nitrogen and oxygen atoms in total. The number of amides is 1. The smallest absolute Gasteiger partial charge is 0.227 e. The Hall–Kier alpha value is -2.14. The van der Waals surface area contributed by atoms with Crippen LogP contribution in [0, 0.1) is 11.3 Å². The fraction of sp³-hybridized carbons (Fsp3) is 0.565. The van der Waals surface area contributed by atoms with Crippen LogP contribution in [-0.4, -0.2) is 53.4 Å². The van der Waals surface area contributed by atoms with Crippen molar-refractivity contribution in [3.63, 3.8) is 0 Å². The number of nitrogens with zero attached hydrogens (tertiary/aromatic N) is 3. The summed E-state index contributed by atoms with van der Waals surface area (Å²) in [5, 5.41) is 0. The zero-order valence-electron chi connectivity index (χ0n) is 16.4. The van der Waals surface area contributed by atoms with Crippen LogP contribution >= 0.6 is 0 Å². The summed E-state index contributed by atoms with van der Waals surface area (Å²) in [6.45, 7) is 5.09. The van der Waals surface area contributed by atoms with Gasteiger partial charge < -0.3 is 14.2 Å². The van der Waals surface area contributed by atoms with Gasteiger partial charge in [-0.25, -0.2) is 4.98 Å². The van der Waals surface area contributed by atoms with Crippen LogP contribution in [0.4, 0.5) is 0 Å². The minimum absolute atomic E-state index is 0.108. The first-order chi connectivity index (χ1) is 13.7. The number of hydrogen-bond acceptors (Lipinski definition) is 4. The zero-order chi connectivity index (χ0) is 19.0. The number of benzene rings is 1. The van der Waals surface area contributed by atoms with Crippen LogP contribution in [0.5, 0.6) is 0 Å². The van der Waals surface area contributed by atoms with Crippen molar-refractivity contribution in [3.8, 4) is 0 Å². The van der Waals surface area contributed by atoms with Crippen LogP contribution < -0.4 is 0 Å². The molecule has 3 heterocycles. The van der Waals surface area contributed by atoms with E-state index in [0.717, 1.165) is 56.4 Å². The van der Waals surface area contributed by atoms with Crippen LogP contribution in [0.3, 0.4) is 0 Å². The molecule has 28 heavy (non-hydrogen) atoms. The molecule has 148 valence electrons. The van der Waals surface area contributed by atoms with Gasteiger partial charge in [0.05, 0.1) is 18.5 Å². The van der Waals surface area contributed by atoms with Crippen LogP contribution in [-0.2, 0) is 11.2 Å². The Labute approximate surface area is 166 Å². The molecule has 1 aromatic heterocycles. The van der Waals surface area contributed by atoms with Crippen molar-refractivity contribution in [3.05, 3.63) is 54.2 Å². The molecule has 1 amide bonds. The van der Waals surface area contributed by atoms with Crippen LogP contribution in [0.1, 0.15) is 43.1 Å². The predicted molar refractivity (Wildman–Crippen MR) is 107 cm³/mol. The molecule has 3 aliphatic rings. The Balaban J connectivity index is 1.31. The van der Waals surface area contributed by atoms with Crippen molar-refractivity contribution in [2.75, 3.05) is 32.7 Å². The second-order valence-electron chi connectivity index (χ2n) is 8.97. The molecular formula is C23H29N3O2. The minimum atomic E-state index is 0.108. The highest BCUT2D eigenvalue weighted by molar-refractivity contribution is 5.79. The van der Waals surface area contributed by atoms with Crippen LogP contribution in [0.2, 0.25) is 0 Å². The Bertz CT molecular complexity index is 793. The number of hydrogen-bond donors (Lipinski definition) is 0. The van der Waals surface area contributed by atoms with Crippen molar-refractivity contribution in [1.82, 2.24) is 14.8 Å². The Morgan fingerprint density at radius 1 is 1.18 bits per heavy atom. The fourth-order valence-corrected chi connectivity index (χ4v) is 5.14. The van der Waals surface area contributed by atoms with Crippen LogP contribution in [0.25, 0.3) is 0 Å². The molecule has 1 atom stereocenters. The number of carbonyl (C=O) groups is 1. The van der Waals surface area contributed by atoms with Gasteiger partial charge in [0.2, 0.25) is 5.91 Å². The molecule has 1 aliphatic carbocycles. The Morgan fingerprint density at radius 3 is 2.64 bits per heavy atom. The molecule has 1 spiro atoms. The van der Waals surface area contributed by atoms with Gasteiger partial charge in [0.25, 0.3) is 0 Å². The molecule has 2 saturated heterocycles. The topological polar surface area (TPSA) is 49.6 Å². The number of aromatic nitrogens is 1. The summed E-state index contributed by atoms with van der Waals surface area (Å²) < 4.78 is 5.73. The molecule has 0 bridgehead atoms. The van der Waals surface area contributed by atoms with E-state index < -0.39 is 0 Å². The lowest BCUT2D eigenvalue weighted by molar-refractivity contribution is -0.130. The minimum Gasteiger partial charge on any atom is -0.449 e. The quantitative estimate of drug-likeness (QED) is 0.800. The molecule has 1 aromatic carbocycles. The maximum absolute atomic E-state index is 13.0. The summed E-state index contributed by atoms with van der Waals surface area (Å²) in [6.07, 6.45) is 8.94. The van der Waals surface area contributed by atoms with Gasteiger partial charge in [-0.05, 0) is 50.3 Å². The maximum Gasteiger partial charge on any atom is 0.227 e. The zero-order valence-corrected chi connectivity index (χ0v) is 16.4. The Morgan fingerprint density at radius 2 is 1.96 bits per heavy atom. The van der Waals surface area contributed by atoms with Crippen molar-refractivity contribution in [2.45, 2.75) is 38.0 Å². The summed E-state index contributed by atoms with van der Waals surface area (Å²) in [5.41, 5.74) is 1.19. The van der Waals surface area contributed by atoms with E-state index in [1.165, 1.54) is 19.4 Å². The second kappa shape index (κ2) is 7.36. The molecular weight excluding hydrogens is 350 g/mol. The van der Waals surface area contributed by atoms with E-state index in [1.807, 2.05) is 30.3 Å². The first-order valence-corrected chi connectivity index (χ1v) is 10.7. The van der Waals surface area contributed by atoms with Crippen molar-refractivity contribution in [2.24, 2.45) is 11.3 Å². The summed E-state index contributed by atoms with van der Waals surface area (Å²) in [6, 6.07) is 10.1. The molecule has 2 aliphatic heterocycles. The molecule has 1 saturated carbocycles. The van der Waals surface area contributed by atoms with Gasteiger partial charge in [-0.15, -0.1) is 0 Å². The highest BCUT2D eigenvalue weighted by Gasteiger charge is 2.51. The van der Waals surface area contributed by atoms with Gasteiger partial charge in [-0.2, -0.15) is 0 Å². The fourth-order valence-electron chi connectivity index (χ4n) is 5.14. The standard InChI is InChI=1S/C23H29N3O2/c27-21(14-18-4-2-1-3-5-18)26-16-20(22-24-10-13-28-22)23(17-26)8-11-25(12-9-23)15-19-6-7-19/h1-5,10,13,19-20H,6-9,11-12,14-17H2/t20-/m1/s1. The highest BCUT2D eigenvalue weighted by atomic mass is 16.3. The first kappa shape index (κ1) is 17.9. The van der Waals surface area contributed by atoms with Gasteiger partial charge in [0, 0.05) is 25.0 Å². The van der Waals surface area contributed by atoms with E-state index in [-0.39, 0.29) is 17.2 Å². The molecule has 0 radical (unpaired) electrons. The molecule has 5 rings (SSSR count). The van der Waals surface area contributed by atoms with Gasteiger partial charge in [-0.3, -0.25) is 4.79 Å². The number of carbonyl (C=O) groups excluding carboxylic acids is 1. The number of rotatable bonds is 5. The SMILES string of the molecule is O=C(Cc1ccccc1)N1C[C@H](c2ncco2)C2(CCN(CC3CC3)CC2)C1. The van der Waals surface area contributed by atoms with Gasteiger partial charge in [0.15, 0.2) is 5.89 Å². The van der Waals surface area contributed by atoms with E-state index in [0.29, 0.717) is 6.42 Å². The summed E-state index contributed by atoms with van der Waals surface area (Å²) >= 11 is 0. The second-order valence-corrected chi connectivity index (χ2v) is 8.97. The van der Waals surface area contributed by atoms with E-state index >= 15 is 0 Å². The third kappa shape index (κ3) is 3.60. The summed E-state index contributed by atoms with van der Waals surface area (Å²) in [7, 11) is 0. The largest absolute Gasteiger partial charge is 0.449 e. The van der Waals surface area contributed by atoms with E-state index in [2.05, 4.69) is 14.8 Å². The maximum atomic E-state index is 13.0. The third-order valence-electron chi connectivity index (χ3n) is 7.01. The molecule has 2 aromatic rings. The van der Waals surface area contributed by atoms with E-state index in [1.54, 1.807) is 12.5 Å². The number of piperidine rings is 1. The molecule has 0 unspecified atom stereocenters. The van der Waals surface area contributed by atoms with E-state index in [4.69, 9.17) is 4.42 Å². The normalized spacial score (nSPS) is 24.7. The molecule has 3 fully saturated rings. The lowest BCUT2D eigenvalue weighted by atomic mass is 9.70. The first-order valence-electron chi connectivity index (χ1n) is 10.7. The van der Waals surface area contributed by atoms with Crippen molar-refractivity contribution in [1.29, 1.82) is 0 Å². The Kier molecular flexibility index (Phi) is 4.71. The van der Waals surface area contributed by atoms with Crippen molar-refractivity contribution >= 4 is 5.91 Å². The average Bonchev–Trinajstić information content (AvgIpc) is 3.23. The molecule has 0 N–H and O–H groups in total. The third-order valence-corrected chi connectivity index (χ3v) is 7.01. The van der Waals surface area contributed by atoms with Crippen molar-refractivity contribution < 1.29 is 9.21 Å². The van der Waals surface area contributed by atoms with Gasteiger partial charge >= 0.3 is 0 Å². The predicted octanol–water partition coefficient (Wildman–Crippen LogP) is 3.34. The van der Waals surface area contributed by atoms with Crippen LogP contribution in [0.15, 0.2) is 47.2 Å². The lowest BCUT2D eigenvalue weighted by Crippen LogP contribution is -2.44. The van der Waals surface area contributed by atoms with Gasteiger partial charge in [-0.1, -0.05) is 30.3 Å². The number of oxazole rings is 1. The summed E-state index contributed by atoms with van der Waals surface area (Å²) in [5.74, 6) is 2.18. The monoisotopic (exact) mass is 379 g/mol. The lowest BCUT2D eigenvalue weighted by Gasteiger charge is -2.41. The van der Waals surface area contributed by atoms with E-state index in [9.17, 15) is 4.79 Å². The summed E-state index contributed by atoms with van der Waals surface area (Å²) in [4.78, 5) is 22.2. The highest BCUT2D eigenvalue weighted by Crippen LogP contribution is 2.49. The number of likely N-dealkylation sites (tertiary alicyclic amines) is 2. The molecule has 5 heteroatoms. The average molecular weight is 380 g/mol. The van der Waals surface area contributed by atoms with Gasteiger partial charge in [0.1, 0.15) is 6.26 Å².